The summed E-state index contributed by atoms with van der Waals surface area (Å²) in [5.41, 5.74) is 0.276. The van der Waals surface area contributed by atoms with Crippen LogP contribution in [0.5, 0.6) is 0 Å². The summed E-state index contributed by atoms with van der Waals surface area (Å²) in [6.45, 7) is 6.95. The topological polar surface area (TPSA) is 119 Å². The SMILES string of the molecule is CN1C(=O)NC(=O)/C1=C/c1ccnc(N2CCC(N(C(=O)O)C(C)(C)C)CC2)n1. The molecule has 2 aliphatic heterocycles. The van der Waals surface area contributed by atoms with Gasteiger partial charge in [0.25, 0.3) is 5.91 Å². The Bertz CT molecular complexity index is 855. The Morgan fingerprint density at radius 2 is 1.97 bits per heavy atom. The number of imide groups is 1. The Hall–Kier alpha value is -3.17. The fourth-order valence-electron chi connectivity index (χ4n) is 3.72. The van der Waals surface area contributed by atoms with Gasteiger partial charge in [-0.1, -0.05) is 0 Å². The van der Waals surface area contributed by atoms with E-state index in [1.807, 2.05) is 25.7 Å². The van der Waals surface area contributed by atoms with Gasteiger partial charge in [0.1, 0.15) is 5.70 Å². The first-order chi connectivity index (χ1) is 13.6. The molecule has 4 amide bonds. The molecule has 10 nitrogen and oxygen atoms in total. The van der Waals surface area contributed by atoms with Crippen molar-refractivity contribution in [2.45, 2.75) is 45.2 Å². The molecule has 3 heterocycles. The quantitative estimate of drug-likeness (QED) is 0.584. The van der Waals surface area contributed by atoms with Crippen LogP contribution in [-0.2, 0) is 4.79 Å². The molecule has 2 saturated heterocycles. The van der Waals surface area contributed by atoms with E-state index in [0.29, 0.717) is 37.6 Å². The lowest BCUT2D eigenvalue weighted by Gasteiger charge is -2.43. The fraction of sp³-hybridized carbons (Fsp3) is 0.526. The van der Waals surface area contributed by atoms with Gasteiger partial charge in [-0.3, -0.25) is 15.0 Å². The second-order valence-electron chi connectivity index (χ2n) is 8.17. The summed E-state index contributed by atoms with van der Waals surface area (Å²) in [5, 5.41) is 11.8. The maximum atomic E-state index is 11.9. The van der Waals surface area contributed by atoms with Crippen molar-refractivity contribution >= 4 is 30.1 Å². The number of amides is 4. The van der Waals surface area contributed by atoms with Crippen molar-refractivity contribution in [1.82, 2.24) is 25.1 Å². The molecule has 10 heteroatoms. The summed E-state index contributed by atoms with van der Waals surface area (Å²) in [6.07, 6.45) is 3.60. The Kier molecular flexibility index (Phi) is 5.45. The number of carbonyl (C=O) groups excluding carboxylic acids is 2. The van der Waals surface area contributed by atoms with Crippen LogP contribution in [-0.4, -0.2) is 74.6 Å². The van der Waals surface area contributed by atoms with Crippen molar-refractivity contribution in [1.29, 1.82) is 0 Å². The van der Waals surface area contributed by atoms with E-state index < -0.39 is 23.6 Å². The Morgan fingerprint density at radius 3 is 2.48 bits per heavy atom. The first kappa shape index (κ1) is 20.6. The number of rotatable bonds is 3. The summed E-state index contributed by atoms with van der Waals surface area (Å²) in [6, 6.07) is 1.13. The lowest BCUT2D eigenvalue weighted by Crippen LogP contribution is -2.54. The van der Waals surface area contributed by atoms with Gasteiger partial charge in [0, 0.05) is 37.9 Å². The highest BCUT2D eigenvalue weighted by molar-refractivity contribution is 6.13. The molecule has 0 aliphatic carbocycles. The first-order valence-corrected chi connectivity index (χ1v) is 9.49. The maximum absolute atomic E-state index is 11.9. The van der Waals surface area contributed by atoms with Gasteiger partial charge in [0.2, 0.25) is 5.95 Å². The van der Waals surface area contributed by atoms with Crippen molar-refractivity contribution in [3.05, 3.63) is 23.7 Å². The van der Waals surface area contributed by atoms with Crippen LogP contribution in [0.3, 0.4) is 0 Å². The summed E-state index contributed by atoms with van der Waals surface area (Å²) in [7, 11) is 1.52. The number of aromatic nitrogens is 2. The molecule has 0 atom stereocenters. The third-order valence-corrected chi connectivity index (χ3v) is 5.11. The molecule has 0 bridgehead atoms. The number of anilines is 1. The lowest BCUT2D eigenvalue weighted by atomic mass is 9.97. The maximum Gasteiger partial charge on any atom is 0.407 e. The first-order valence-electron chi connectivity index (χ1n) is 9.49. The highest BCUT2D eigenvalue weighted by atomic mass is 16.4. The normalized spacial score (nSPS) is 19.7. The summed E-state index contributed by atoms with van der Waals surface area (Å²) >= 11 is 0. The summed E-state index contributed by atoms with van der Waals surface area (Å²) < 4.78 is 0. The third-order valence-electron chi connectivity index (χ3n) is 5.11. The molecule has 3 rings (SSSR count). The number of piperidine rings is 1. The van der Waals surface area contributed by atoms with Gasteiger partial charge in [-0.05, 0) is 45.8 Å². The van der Waals surface area contributed by atoms with Crippen molar-refractivity contribution in [3.8, 4) is 0 Å². The van der Waals surface area contributed by atoms with Gasteiger partial charge < -0.3 is 14.9 Å². The van der Waals surface area contributed by atoms with E-state index in [2.05, 4.69) is 15.3 Å². The average Bonchev–Trinajstić information content (AvgIpc) is 2.87. The molecule has 0 aromatic carbocycles. The second-order valence-corrected chi connectivity index (χ2v) is 8.17. The zero-order chi connectivity index (χ0) is 21.3. The molecular weight excluding hydrogens is 376 g/mol. The molecule has 0 spiro atoms. The number of hydrogen-bond acceptors (Lipinski definition) is 6. The number of urea groups is 1. The van der Waals surface area contributed by atoms with Gasteiger partial charge >= 0.3 is 12.1 Å². The van der Waals surface area contributed by atoms with Crippen LogP contribution in [0.25, 0.3) is 6.08 Å². The van der Waals surface area contributed by atoms with Crippen LogP contribution in [0.4, 0.5) is 15.5 Å². The molecule has 0 unspecified atom stereocenters. The lowest BCUT2D eigenvalue weighted by molar-refractivity contribution is -0.115. The Balaban J connectivity index is 1.72. The van der Waals surface area contributed by atoms with E-state index in [0.717, 1.165) is 0 Å². The number of carboxylic acid groups (broad SMARTS) is 1. The van der Waals surface area contributed by atoms with E-state index in [9.17, 15) is 19.5 Å². The standard InChI is InChI=1S/C19H26N6O4/c1-19(2,3)25(18(28)29)13-6-9-24(10-7-13)16-20-8-5-12(21-16)11-14-15(26)22-17(27)23(14)4/h5,8,11,13H,6-7,9-10H2,1-4H3,(H,28,29)(H,22,26,27)/b14-11-. The molecule has 156 valence electrons. The van der Waals surface area contributed by atoms with Gasteiger partial charge in [0.05, 0.1) is 5.69 Å². The minimum absolute atomic E-state index is 0.0594. The molecule has 0 saturated carbocycles. The van der Waals surface area contributed by atoms with Crippen LogP contribution < -0.4 is 10.2 Å². The zero-order valence-corrected chi connectivity index (χ0v) is 17.0. The second kappa shape index (κ2) is 7.69. The number of carbonyl (C=O) groups is 3. The Labute approximate surface area is 169 Å². The molecule has 1 aromatic heterocycles. The third kappa shape index (κ3) is 4.30. The van der Waals surface area contributed by atoms with Gasteiger partial charge in [-0.15, -0.1) is 0 Å². The predicted molar refractivity (Wildman–Crippen MR) is 106 cm³/mol. The minimum atomic E-state index is -0.908. The number of hydrogen-bond donors (Lipinski definition) is 2. The highest BCUT2D eigenvalue weighted by Gasteiger charge is 2.35. The fourth-order valence-corrected chi connectivity index (χ4v) is 3.72. The van der Waals surface area contributed by atoms with E-state index in [1.54, 1.807) is 18.3 Å². The van der Waals surface area contributed by atoms with E-state index in [4.69, 9.17) is 0 Å². The van der Waals surface area contributed by atoms with Gasteiger partial charge in [-0.25, -0.2) is 19.6 Å². The van der Waals surface area contributed by atoms with Crippen LogP contribution in [0.15, 0.2) is 18.0 Å². The van der Waals surface area contributed by atoms with E-state index >= 15 is 0 Å². The molecule has 2 fully saturated rings. The van der Waals surface area contributed by atoms with E-state index in [-0.39, 0.29) is 11.7 Å². The summed E-state index contributed by atoms with van der Waals surface area (Å²) in [4.78, 5) is 48.7. The van der Waals surface area contributed by atoms with Gasteiger partial charge in [0.15, 0.2) is 0 Å². The van der Waals surface area contributed by atoms with Crippen LogP contribution in [0.2, 0.25) is 0 Å². The predicted octanol–water partition coefficient (Wildman–Crippen LogP) is 1.75. The zero-order valence-electron chi connectivity index (χ0n) is 17.0. The van der Waals surface area contributed by atoms with Crippen LogP contribution in [0, 0.1) is 0 Å². The smallest absolute Gasteiger partial charge is 0.407 e. The monoisotopic (exact) mass is 402 g/mol. The molecule has 1 aromatic rings. The highest BCUT2D eigenvalue weighted by Crippen LogP contribution is 2.26. The van der Waals surface area contributed by atoms with Crippen molar-refractivity contribution in [2.75, 3.05) is 25.0 Å². The van der Waals surface area contributed by atoms with Crippen LogP contribution in [0.1, 0.15) is 39.3 Å². The Morgan fingerprint density at radius 1 is 1.31 bits per heavy atom. The molecule has 2 N–H and O–H groups in total. The van der Waals surface area contributed by atoms with Crippen molar-refractivity contribution < 1.29 is 19.5 Å². The molecule has 29 heavy (non-hydrogen) atoms. The largest absolute Gasteiger partial charge is 0.465 e. The number of likely N-dealkylation sites (N-methyl/N-ethyl adjacent to an activating group) is 1. The molecule has 0 radical (unpaired) electrons. The van der Waals surface area contributed by atoms with Crippen molar-refractivity contribution in [3.63, 3.8) is 0 Å². The molecule has 2 aliphatic rings. The van der Waals surface area contributed by atoms with Crippen LogP contribution >= 0.6 is 0 Å². The number of nitrogens with one attached hydrogen (secondary N) is 1. The average molecular weight is 402 g/mol. The summed E-state index contributed by atoms with van der Waals surface area (Å²) in [5.74, 6) is 0.0530. The van der Waals surface area contributed by atoms with E-state index in [1.165, 1.54) is 16.8 Å². The molecular formula is C19H26N6O4. The minimum Gasteiger partial charge on any atom is -0.465 e. The van der Waals surface area contributed by atoms with Crippen molar-refractivity contribution in [2.24, 2.45) is 0 Å². The van der Waals surface area contributed by atoms with Gasteiger partial charge in [-0.2, -0.15) is 0 Å². The number of nitrogens with zero attached hydrogens (tertiary/aromatic N) is 5.